The zero-order chi connectivity index (χ0) is 14.3. The Bertz CT molecular complexity index is 299. The van der Waals surface area contributed by atoms with E-state index in [2.05, 4.69) is 5.32 Å². The predicted octanol–water partition coefficient (Wildman–Crippen LogP) is 2.95. The molecule has 0 saturated heterocycles. The first-order chi connectivity index (χ1) is 8.87. The van der Waals surface area contributed by atoms with Gasteiger partial charge in [0.25, 0.3) is 0 Å². The molecule has 0 atom stereocenters. The van der Waals surface area contributed by atoms with Crippen LogP contribution in [0.4, 0.5) is 0 Å². The van der Waals surface area contributed by atoms with Crippen molar-refractivity contribution in [1.29, 1.82) is 0 Å². The van der Waals surface area contributed by atoms with Crippen LogP contribution >= 0.6 is 0 Å². The summed E-state index contributed by atoms with van der Waals surface area (Å²) >= 11 is 0. The summed E-state index contributed by atoms with van der Waals surface area (Å²) in [6, 6.07) is 0.300. The molecule has 0 aliphatic heterocycles. The molecule has 19 heavy (non-hydrogen) atoms. The van der Waals surface area contributed by atoms with E-state index in [-0.39, 0.29) is 24.7 Å². The number of carbonyl (C=O) groups is 2. The highest BCUT2D eigenvalue weighted by Crippen LogP contribution is 2.17. The first-order valence-corrected chi connectivity index (χ1v) is 7.38. The van der Waals surface area contributed by atoms with Crippen molar-refractivity contribution in [2.45, 2.75) is 83.8 Å². The maximum absolute atomic E-state index is 11.8. The summed E-state index contributed by atoms with van der Waals surface area (Å²) in [6.07, 6.45) is 7.44. The summed E-state index contributed by atoms with van der Waals surface area (Å²) in [4.78, 5) is 23.3. The van der Waals surface area contributed by atoms with Crippen molar-refractivity contribution in [3.05, 3.63) is 0 Å². The Morgan fingerprint density at radius 1 is 1.05 bits per heavy atom. The molecule has 4 heteroatoms. The molecule has 0 unspecified atom stereocenters. The summed E-state index contributed by atoms with van der Waals surface area (Å²) < 4.78 is 5.18. The van der Waals surface area contributed by atoms with Crippen LogP contribution in [-0.2, 0) is 14.3 Å². The Labute approximate surface area is 116 Å². The molecule has 1 fully saturated rings. The molecule has 1 amide bonds. The van der Waals surface area contributed by atoms with E-state index in [0.29, 0.717) is 6.04 Å². The lowest BCUT2D eigenvalue weighted by Crippen LogP contribution is -2.35. The van der Waals surface area contributed by atoms with Gasteiger partial charge in [-0.3, -0.25) is 9.59 Å². The maximum Gasteiger partial charge on any atom is 0.306 e. The first-order valence-electron chi connectivity index (χ1n) is 7.38. The smallest absolute Gasteiger partial charge is 0.306 e. The third-order valence-electron chi connectivity index (χ3n) is 3.20. The van der Waals surface area contributed by atoms with Crippen molar-refractivity contribution in [3.8, 4) is 0 Å². The first kappa shape index (κ1) is 16.0. The molecule has 1 rings (SSSR count). The number of nitrogens with one attached hydrogen (secondary N) is 1. The minimum absolute atomic E-state index is 0.0299. The zero-order valence-corrected chi connectivity index (χ0v) is 12.5. The minimum Gasteiger partial charge on any atom is -0.460 e. The van der Waals surface area contributed by atoms with Crippen LogP contribution in [0.3, 0.4) is 0 Å². The van der Waals surface area contributed by atoms with E-state index in [4.69, 9.17) is 4.74 Å². The van der Waals surface area contributed by atoms with Gasteiger partial charge in [0.15, 0.2) is 0 Å². The summed E-state index contributed by atoms with van der Waals surface area (Å²) in [5.41, 5.74) is -0.477. The van der Waals surface area contributed by atoms with E-state index in [0.717, 1.165) is 12.8 Å². The number of hydrogen-bond acceptors (Lipinski definition) is 3. The minimum atomic E-state index is -0.477. The average molecular weight is 269 g/mol. The van der Waals surface area contributed by atoms with E-state index in [1.54, 1.807) is 0 Å². The van der Waals surface area contributed by atoms with Crippen molar-refractivity contribution in [3.63, 3.8) is 0 Å². The molecule has 0 aromatic rings. The third kappa shape index (κ3) is 7.85. The SMILES string of the molecule is CC(C)(C)OC(=O)CCC(=O)NC1CCCCCC1. The van der Waals surface area contributed by atoms with Gasteiger partial charge in [-0.1, -0.05) is 25.7 Å². The Hall–Kier alpha value is -1.06. The van der Waals surface area contributed by atoms with E-state index < -0.39 is 5.60 Å². The largest absolute Gasteiger partial charge is 0.460 e. The standard InChI is InChI=1S/C15H27NO3/c1-15(2,3)19-14(18)11-10-13(17)16-12-8-6-4-5-7-9-12/h12H,4-11H2,1-3H3,(H,16,17). The molecule has 1 N–H and O–H groups in total. The van der Waals surface area contributed by atoms with Gasteiger partial charge in [0, 0.05) is 12.5 Å². The van der Waals surface area contributed by atoms with Gasteiger partial charge >= 0.3 is 5.97 Å². The van der Waals surface area contributed by atoms with Crippen LogP contribution < -0.4 is 5.32 Å². The summed E-state index contributed by atoms with van der Waals surface area (Å²) in [6.45, 7) is 5.49. The molecular formula is C15H27NO3. The molecule has 110 valence electrons. The molecular weight excluding hydrogens is 242 g/mol. The van der Waals surface area contributed by atoms with Gasteiger partial charge in [0.1, 0.15) is 5.60 Å². The van der Waals surface area contributed by atoms with Crippen LogP contribution in [0.25, 0.3) is 0 Å². The van der Waals surface area contributed by atoms with Gasteiger partial charge in [0.2, 0.25) is 5.91 Å². The van der Waals surface area contributed by atoms with Gasteiger partial charge in [-0.2, -0.15) is 0 Å². The number of amides is 1. The molecule has 0 spiro atoms. The average Bonchev–Trinajstić information content (AvgIpc) is 2.53. The van der Waals surface area contributed by atoms with Crippen molar-refractivity contribution in [1.82, 2.24) is 5.32 Å². The Morgan fingerprint density at radius 3 is 2.16 bits per heavy atom. The monoisotopic (exact) mass is 269 g/mol. The number of hydrogen-bond donors (Lipinski definition) is 1. The molecule has 4 nitrogen and oxygen atoms in total. The van der Waals surface area contributed by atoms with Crippen LogP contribution in [0.2, 0.25) is 0 Å². The number of carbonyl (C=O) groups excluding carboxylic acids is 2. The molecule has 0 radical (unpaired) electrons. The highest BCUT2D eigenvalue weighted by atomic mass is 16.6. The van der Waals surface area contributed by atoms with Gasteiger partial charge < -0.3 is 10.1 Å². The van der Waals surface area contributed by atoms with Crippen LogP contribution in [0.15, 0.2) is 0 Å². The van der Waals surface area contributed by atoms with Gasteiger partial charge in [0.05, 0.1) is 6.42 Å². The molecule has 0 aromatic heterocycles. The zero-order valence-electron chi connectivity index (χ0n) is 12.5. The van der Waals surface area contributed by atoms with Crippen molar-refractivity contribution < 1.29 is 14.3 Å². The molecule has 0 heterocycles. The second kappa shape index (κ2) is 7.51. The maximum atomic E-state index is 11.8. The topological polar surface area (TPSA) is 55.4 Å². The van der Waals surface area contributed by atoms with Crippen LogP contribution in [0, 0.1) is 0 Å². The fourth-order valence-corrected chi connectivity index (χ4v) is 2.33. The van der Waals surface area contributed by atoms with Gasteiger partial charge in [-0.05, 0) is 33.6 Å². The summed E-state index contributed by atoms with van der Waals surface area (Å²) in [7, 11) is 0. The fourth-order valence-electron chi connectivity index (χ4n) is 2.33. The fraction of sp³-hybridized carbons (Fsp3) is 0.867. The second-order valence-electron chi connectivity index (χ2n) is 6.34. The lowest BCUT2D eigenvalue weighted by atomic mass is 10.1. The Kier molecular flexibility index (Phi) is 6.32. The molecule has 1 aliphatic rings. The molecule has 1 saturated carbocycles. The van der Waals surface area contributed by atoms with Crippen molar-refractivity contribution in [2.24, 2.45) is 0 Å². The lowest BCUT2D eigenvalue weighted by Gasteiger charge is -2.20. The van der Waals surface area contributed by atoms with Crippen LogP contribution in [-0.4, -0.2) is 23.5 Å². The van der Waals surface area contributed by atoms with Crippen LogP contribution in [0.1, 0.15) is 72.1 Å². The van der Waals surface area contributed by atoms with E-state index in [1.807, 2.05) is 20.8 Å². The number of ether oxygens (including phenoxy) is 1. The quantitative estimate of drug-likeness (QED) is 0.630. The van der Waals surface area contributed by atoms with E-state index >= 15 is 0 Å². The van der Waals surface area contributed by atoms with E-state index in [9.17, 15) is 9.59 Å². The van der Waals surface area contributed by atoms with Gasteiger partial charge in [-0.15, -0.1) is 0 Å². The molecule has 0 bridgehead atoms. The van der Waals surface area contributed by atoms with Gasteiger partial charge in [-0.25, -0.2) is 0 Å². The molecule has 1 aliphatic carbocycles. The Morgan fingerprint density at radius 2 is 1.63 bits per heavy atom. The normalized spacial score (nSPS) is 17.6. The predicted molar refractivity (Wildman–Crippen MR) is 74.7 cm³/mol. The highest BCUT2D eigenvalue weighted by molar-refractivity contribution is 5.81. The third-order valence-corrected chi connectivity index (χ3v) is 3.20. The summed E-state index contributed by atoms with van der Waals surface area (Å²) in [5, 5.41) is 3.03. The van der Waals surface area contributed by atoms with Crippen molar-refractivity contribution in [2.75, 3.05) is 0 Å². The van der Waals surface area contributed by atoms with Crippen molar-refractivity contribution >= 4 is 11.9 Å². The van der Waals surface area contributed by atoms with E-state index in [1.165, 1.54) is 25.7 Å². The van der Waals surface area contributed by atoms with Crippen LogP contribution in [0.5, 0.6) is 0 Å². The number of esters is 1. The number of rotatable bonds is 4. The summed E-state index contributed by atoms with van der Waals surface area (Å²) in [5.74, 6) is -0.332. The Balaban J connectivity index is 2.21. The highest BCUT2D eigenvalue weighted by Gasteiger charge is 2.18. The lowest BCUT2D eigenvalue weighted by molar-refractivity contribution is -0.155. The second-order valence-corrected chi connectivity index (χ2v) is 6.34. The molecule has 0 aromatic carbocycles.